The van der Waals surface area contributed by atoms with Crippen LogP contribution in [0.4, 0.5) is 5.69 Å². The number of rotatable bonds is 4. The average Bonchev–Trinajstić information content (AvgIpc) is 2.89. The first-order valence-electron chi connectivity index (χ1n) is 6.16. The van der Waals surface area contributed by atoms with Crippen LogP contribution in [0.2, 0.25) is 0 Å². The number of hydrogen-bond donors (Lipinski definition) is 1. The lowest BCUT2D eigenvalue weighted by Crippen LogP contribution is -2.01. The molecule has 0 aliphatic carbocycles. The molecule has 0 spiro atoms. The molecule has 1 atom stereocenters. The fourth-order valence-corrected chi connectivity index (χ4v) is 2.84. The predicted octanol–water partition coefficient (Wildman–Crippen LogP) is 2.16. The van der Waals surface area contributed by atoms with Crippen molar-refractivity contribution in [3.05, 3.63) is 48.3 Å². The first-order chi connectivity index (χ1) is 9.72. The fraction of sp³-hybridized carbons (Fsp3) is 0.143. The van der Waals surface area contributed by atoms with E-state index in [4.69, 9.17) is 10.2 Å². The molecule has 2 aromatic heterocycles. The molecule has 1 aromatic carbocycles. The standard InChI is InChI=1S/C14H13N3O2S/c15-11-1-2-12-13(9-11)19-14(17-12)20(18)8-5-10-3-6-16-7-4-10/h1-4,6-7,9H,5,8,15H2. The summed E-state index contributed by atoms with van der Waals surface area (Å²) in [6, 6.07) is 9.01. The summed E-state index contributed by atoms with van der Waals surface area (Å²) in [6.45, 7) is 0. The van der Waals surface area contributed by atoms with E-state index in [0.29, 0.717) is 29.0 Å². The summed E-state index contributed by atoms with van der Waals surface area (Å²) >= 11 is 0. The molecule has 0 saturated carbocycles. The molecule has 2 heterocycles. The Labute approximate surface area is 118 Å². The van der Waals surface area contributed by atoms with E-state index in [9.17, 15) is 4.21 Å². The van der Waals surface area contributed by atoms with Gasteiger partial charge in [0, 0.05) is 29.9 Å². The molecule has 3 aromatic rings. The van der Waals surface area contributed by atoms with Crippen molar-refractivity contribution >= 4 is 27.6 Å². The molecular formula is C14H13N3O2S. The second-order valence-corrected chi connectivity index (χ2v) is 5.81. The molecular weight excluding hydrogens is 274 g/mol. The van der Waals surface area contributed by atoms with Gasteiger partial charge in [-0.25, -0.2) is 9.19 Å². The van der Waals surface area contributed by atoms with Gasteiger partial charge in [0.25, 0.3) is 5.22 Å². The zero-order valence-corrected chi connectivity index (χ0v) is 11.5. The van der Waals surface area contributed by atoms with Crippen molar-refractivity contribution in [2.75, 3.05) is 11.5 Å². The van der Waals surface area contributed by atoms with Crippen LogP contribution in [-0.2, 0) is 17.2 Å². The minimum Gasteiger partial charge on any atom is -0.430 e. The lowest BCUT2D eigenvalue weighted by atomic mass is 10.2. The Morgan fingerprint density at radius 1 is 1.20 bits per heavy atom. The van der Waals surface area contributed by atoms with Crippen LogP contribution in [-0.4, -0.2) is 19.9 Å². The van der Waals surface area contributed by atoms with E-state index in [1.165, 1.54) is 0 Å². The second kappa shape index (κ2) is 5.42. The number of nitrogens with two attached hydrogens (primary N) is 1. The van der Waals surface area contributed by atoms with Gasteiger partial charge in [-0.1, -0.05) is 0 Å². The smallest absolute Gasteiger partial charge is 0.287 e. The molecule has 20 heavy (non-hydrogen) atoms. The predicted molar refractivity (Wildman–Crippen MR) is 77.6 cm³/mol. The summed E-state index contributed by atoms with van der Waals surface area (Å²) in [5, 5.41) is 0.250. The summed E-state index contributed by atoms with van der Waals surface area (Å²) in [5.74, 6) is 0.465. The normalized spacial score (nSPS) is 12.6. The minimum absolute atomic E-state index is 0.250. The van der Waals surface area contributed by atoms with Crippen molar-refractivity contribution in [2.45, 2.75) is 11.6 Å². The molecule has 1 unspecified atom stereocenters. The van der Waals surface area contributed by atoms with Crippen LogP contribution in [0.25, 0.3) is 11.1 Å². The van der Waals surface area contributed by atoms with Gasteiger partial charge in [0.05, 0.1) is 0 Å². The van der Waals surface area contributed by atoms with Gasteiger partial charge < -0.3 is 10.2 Å². The number of pyridine rings is 1. The highest BCUT2D eigenvalue weighted by atomic mass is 32.2. The Morgan fingerprint density at radius 3 is 2.80 bits per heavy atom. The number of benzene rings is 1. The summed E-state index contributed by atoms with van der Waals surface area (Å²) in [7, 11) is -1.26. The van der Waals surface area contributed by atoms with E-state index in [2.05, 4.69) is 9.97 Å². The van der Waals surface area contributed by atoms with Crippen molar-refractivity contribution in [3.8, 4) is 0 Å². The van der Waals surface area contributed by atoms with Crippen LogP contribution in [0, 0.1) is 0 Å². The maximum Gasteiger partial charge on any atom is 0.287 e. The van der Waals surface area contributed by atoms with Crippen molar-refractivity contribution in [2.24, 2.45) is 0 Å². The monoisotopic (exact) mass is 287 g/mol. The lowest BCUT2D eigenvalue weighted by Gasteiger charge is -1.98. The molecule has 0 aliphatic heterocycles. The number of hydrogen-bond acceptors (Lipinski definition) is 5. The molecule has 0 amide bonds. The molecule has 102 valence electrons. The molecule has 0 fully saturated rings. The molecule has 0 radical (unpaired) electrons. The number of fused-ring (bicyclic) bond motifs is 1. The van der Waals surface area contributed by atoms with Crippen LogP contribution in [0.5, 0.6) is 0 Å². The number of nitrogens with zero attached hydrogens (tertiary/aromatic N) is 2. The lowest BCUT2D eigenvalue weighted by molar-refractivity contribution is 0.478. The van der Waals surface area contributed by atoms with E-state index in [1.54, 1.807) is 30.6 Å². The molecule has 0 aliphatic rings. The number of aryl methyl sites for hydroxylation is 1. The van der Waals surface area contributed by atoms with Gasteiger partial charge in [-0.05, 0) is 36.2 Å². The molecule has 6 heteroatoms. The first-order valence-corrected chi connectivity index (χ1v) is 7.47. The van der Waals surface area contributed by atoms with E-state index < -0.39 is 10.8 Å². The number of nitrogen functional groups attached to an aromatic ring is 1. The van der Waals surface area contributed by atoms with Gasteiger partial charge >= 0.3 is 0 Å². The number of aromatic nitrogens is 2. The zero-order chi connectivity index (χ0) is 13.9. The Kier molecular flexibility index (Phi) is 3.47. The molecule has 2 N–H and O–H groups in total. The largest absolute Gasteiger partial charge is 0.430 e. The van der Waals surface area contributed by atoms with E-state index in [0.717, 1.165) is 5.56 Å². The number of anilines is 1. The van der Waals surface area contributed by atoms with Crippen molar-refractivity contribution in [1.82, 2.24) is 9.97 Å². The summed E-state index contributed by atoms with van der Waals surface area (Å²) < 4.78 is 17.7. The fourth-order valence-electron chi connectivity index (χ4n) is 1.86. The van der Waals surface area contributed by atoms with Crippen molar-refractivity contribution in [1.29, 1.82) is 0 Å². The zero-order valence-electron chi connectivity index (χ0n) is 10.7. The summed E-state index contributed by atoms with van der Waals surface area (Å²) in [6.07, 6.45) is 4.14. The highest BCUT2D eigenvalue weighted by Crippen LogP contribution is 2.20. The first kappa shape index (κ1) is 12.8. The highest BCUT2D eigenvalue weighted by Gasteiger charge is 2.13. The van der Waals surface area contributed by atoms with Crippen LogP contribution in [0.15, 0.2) is 52.4 Å². The Bertz CT molecular complexity index is 755. The van der Waals surface area contributed by atoms with Gasteiger partial charge in [0.2, 0.25) is 0 Å². The Morgan fingerprint density at radius 2 is 2.00 bits per heavy atom. The van der Waals surface area contributed by atoms with Crippen LogP contribution in [0.1, 0.15) is 5.56 Å². The topological polar surface area (TPSA) is 82.0 Å². The van der Waals surface area contributed by atoms with E-state index in [-0.39, 0.29) is 5.22 Å². The Hall–Kier alpha value is -2.21. The third-order valence-corrected chi connectivity index (χ3v) is 4.05. The summed E-state index contributed by atoms with van der Waals surface area (Å²) in [4.78, 5) is 8.18. The quantitative estimate of drug-likeness (QED) is 0.743. The number of oxazole rings is 1. The van der Waals surface area contributed by atoms with Crippen LogP contribution >= 0.6 is 0 Å². The van der Waals surface area contributed by atoms with Crippen LogP contribution < -0.4 is 5.73 Å². The van der Waals surface area contributed by atoms with Gasteiger partial charge in [-0.2, -0.15) is 0 Å². The van der Waals surface area contributed by atoms with Crippen molar-refractivity contribution in [3.63, 3.8) is 0 Å². The van der Waals surface area contributed by atoms with Gasteiger partial charge in [0.15, 0.2) is 5.58 Å². The second-order valence-electron chi connectivity index (χ2n) is 4.36. The molecule has 5 nitrogen and oxygen atoms in total. The molecule has 0 bridgehead atoms. The van der Waals surface area contributed by atoms with E-state index in [1.807, 2.05) is 12.1 Å². The van der Waals surface area contributed by atoms with Gasteiger partial charge in [0.1, 0.15) is 16.3 Å². The highest BCUT2D eigenvalue weighted by molar-refractivity contribution is 7.84. The maximum atomic E-state index is 12.2. The molecule has 3 rings (SSSR count). The van der Waals surface area contributed by atoms with Gasteiger partial charge in [-0.15, -0.1) is 0 Å². The minimum atomic E-state index is -1.26. The SMILES string of the molecule is Nc1ccc2nc(S(=O)CCc3ccncc3)oc2c1. The van der Waals surface area contributed by atoms with Crippen molar-refractivity contribution < 1.29 is 8.63 Å². The Balaban J connectivity index is 1.75. The van der Waals surface area contributed by atoms with Gasteiger partial charge in [-0.3, -0.25) is 4.98 Å². The van der Waals surface area contributed by atoms with Crippen LogP contribution in [0.3, 0.4) is 0 Å². The third kappa shape index (κ3) is 2.70. The summed E-state index contributed by atoms with van der Waals surface area (Å²) in [5.41, 5.74) is 8.61. The average molecular weight is 287 g/mol. The van der Waals surface area contributed by atoms with E-state index >= 15 is 0 Å². The third-order valence-electron chi connectivity index (χ3n) is 2.91. The molecule has 0 saturated heterocycles. The maximum absolute atomic E-state index is 12.2.